The molecule has 1 aliphatic rings. The highest BCUT2D eigenvalue weighted by molar-refractivity contribution is 7.89. The van der Waals surface area contributed by atoms with Crippen LogP contribution in [-0.4, -0.2) is 43.5 Å². The molecule has 2 aromatic rings. The number of aliphatic hydroxyl groups excluding tert-OH is 1. The van der Waals surface area contributed by atoms with Gasteiger partial charge >= 0.3 is 0 Å². The Labute approximate surface area is 209 Å². The number of phenols is 2. The van der Waals surface area contributed by atoms with E-state index in [0.29, 0.717) is 5.56 Å². The lowest BCUT2D eigenvalue weighted by Crippen LogP contribution is -2.11. The van der Waals surface area contributed by atoms with Gasteiger partial charge in [-0.1, -0.05) is 31.0 Å². The first-order valence-corrected chi connectivity index (χ1v) is 13.9. The second kappa shape index (κ2) is 15.1. The minimum Gasteiger partial charge on any atom is -0.504 e. The third kappa shape index (κ3) is 10.1. The highest BCUT2D eigenvalue weighted by atomic mass is 32.2. The number of sulfonamides is 1. The van der Waals surface area contributed by atoms with Crippen LogP contribution in [0.4, 0.5) is 0 Å². The summed E-state index contributed by atoms with van der Waals surface area (Å²) >= 11 is 0. The summed E-state index contributed by atoms with van der Waals surface area (Å²) in [5.41, 5.74) is 8.00. The van der Waals surface area contributed by atoms with Crippen molar-refractivity contribution >= 4 is 10.0 Å². The van der Waals surface area contributed by atoms with Gasteiger partial charge in [0.25, 0.3) is 0 Å². The number of aromatic hydroxyl groups is 2. The van der Waals surface area contributed by atoms with Crippen molar-refractivity contribution in [3.05, 3.63) is 53.1 Å². The number of unbranched alkanes of at least 4 members (excludes halogenated alkanes) is 4. The smallest absolute Gasteiger partial charge is 0.238 e. The molecule has 0 aliphatic heterocycles. The van der Waals surface area contributed by atoms with E-state index >= 15 is 0 Å². The Morgan fingerprint density at radius 3 is 2.23 bits per heavy atom. The number of phenolic OH excluding ortho intramolecular Hbond substituents is 2. The second-order valence-corrected chi connectivity index (χ2v) is 10.4. The van der Waals surface area contributed by atoms with Crippen molar-refractivity contribution in [1.29, 1.82) is 0 Å². The molecule has 8 nitrogen and oxygen atoms in total. The quantitative estimate of drug-likeness (QED) is 0.216. The van der Waals surface area contributed by atoms with Gasteiger partial charge in [-0.05, 0) is 87.2 Å². The van der Waals surface area contributed by atoms with Gasteiger partial charge in [-0.3, -0.25) is 0 Å². The first-order chi connectivity index (χ1) is 16.7. The van der Waals surface area contributed by atoms with Gasteiger partial charge in [-0.15, -0.1) is 0 Å². The molecule has 7 N–H and O–H groups in total. The maximum Gasteiger partial charge on any atom is 0.238 e. The molecule has 35 heavy (non-hydrogen) atoms. The van der Waals surface area contributed by atoms with Gasteiger partial charge in [0, 0.05) is 18.8 Å². The minimum atomic E-state index is -3.59. The summed E-state index contributed by atoms with van der Waals surface area (Å²) in [6.07, 6.45) is 9.37. The first-order valence-electron chi connectivity index (χ1n) is 12.4. The molecule has 0 bridgehead atoms. The molecule has 2 aromatic carbocycles. The van der Waals surface area contributed by atoms with Gasteiger partial charge in [-0.2, -0.15) is 0 Å². The first kappa shape index (κ1) is 29.1. The second-order valence-electron chi connectivity index (χ2n) is 8.87. The van der Waals surface area contributed by atoms with Crippen LogP contribution in [0.25, 0.3) is 0 Å². The number of nitrogens with two attached hydrogens (primary N) is 2. The maximum absolute atomic E-state index is 11.1. The maximum atomic E-state index is 11.1. The lowest BCUT2D eigenvalue weighted by atomic mass is 9.88. The average Bonchev–Trinajstić information content (AvgIpc) is 2.83. The van der Waals surface area contributed by atoms with Crippen LogP contribution in [0.2, 0.25) is 0 Å². The molecule has 0 radical (unpaired) electrons. The van der Waals surface area contributed by atoms with Crippen LogP contribution in [0, 0.1) is 0 Å². The summed E-state index contributed by atoms with van der Waals surface area (Å²) < 4.78 is 27.9. The van der Waals surface area contributed by atoms with Crippen LogP contribution in [-0.2, 0) is 27.6 Å². The van der Waals surface area contributed by atoms with E-state index in [1.807, 2.05) is 12.1 Å². The highest BCUT2D eigenvalue weighted by Gasteiger charge is 2.21. The molecule has 9 heteroatoms. The molecule has 0 heterocycles. The minimum absolute atomic E-state index is 0.0729. The van der Waals surface area contributed by atoms with Crippen molar-refractivity contribution < 1.29 is 28.5 Å². The Morgan fingerprint density at radius 2 is 1.57 bits per heavy atom. The Balaban J connectivity index is 0.000000279. The molecular formula is C26H40N2O6S. The summed E-state index contributed by atoms with van der Waals surface area (Å²) in [6.45, 7) is 2.39. The monoisotopic (exact) mass is 508 g/mol. The third-order valence-corrected chi connectivity index (χ3v) is 6.99. The van der Waals surface area contributed by atoms with E-state index in [1.54, 1.807) is 18.2 Å². The fourth-order valence-electron chi connectivity index (χ4n) is 4.03. The van der Waals surface area contributed by atoms with Gasteiger partial charge in [-0.25, -0.2) is 13.6 Å². The molecule has 0 fully saturated rings. The van der Waals surface area contributed by atoms with Crippen molar-refractivity contribution in [3.63, 3.8) is 0 Å². The van der Waals surface area contributed by atoms with Crippen molar-refractivity contribution in [3.8, 4) is 11.5 Å². The van der Waals surface area contributed by atoms with Crippen molar-refractivity contribution in [1.82, 2.24) is 0 Å². The summed E-state index contributed by atoms with van der Waals surface area (Å²) in [4.78, 5) is 0.161. The van der Waals surface area contributed by atoms with E-state index in [-0.39, 0.29) is 16.4 Å². The van der Waals surface area contributed by atoms with E-state index in [2.05, 4.69) is 0 Å². The Kier molecular flexibility index (Phi) is 12.5. The van der Waals surface area contributed by atoms with E-state index < -0.39 is 16.1 Å². The standard InChI is InChI=1S/C16H28N2O3S.C10H12O3/c17-12-4-1-2-5-13-21-14-6-3-7-15-8-10-16(11-9-15)22(18,19)20;11-8-3-1-2-7-6(8)4-5-9(12)10(7)13/h8-11H,1-7,12-14,17H2,(H2,18,19,20);4-5,8,11-13H,1-3H2. The summed E-state index contributed by atoms with van der Waals surface area (Å²) in [5.74, 6) is -0.177. The van der Waals surface area contributed by atoms with Crippen LogP contribution in [0.15, 0.2) is 41.3 Å². The predicted octanol–water partition coefficient (Wildman–Crippen LogP) is 3.66. The number of hydrogen-bond acceptors (Lipinski definition) is 7. The summed E-state index contributed by atoms with van der Waals surface area (Å²) in [6, 6.07) is 9.85. The average molecular weight is 509 g/mol. The molecule has 0 saturated carbocycles. The topological polar surface area (TPSA) is 156 Å². The van der Waals surface area contributed by atoms with Crippen molar-refractivity contribution in [2.24, 2.45) is 10.9 Å². The number of hydrogen-bond donors (Lipinski definition) is 5. The molecule has 0 spiro atoms. The number of benzene rings is 2. The van der Waals surface area contributed by atoms with Gasteiger partial charge in [0.2, 0.25) is 10.0 Å². The molecule has 3 rings (SSSR count). The number of rotatable bonds is 12. The Morgan fingerprint density at radius 1 is 0.914 bits per heavy atom. The van der Waals surface area contributed by atoms with Crippen LogP contribution < -0.4 is 10.9 Å². The molecule has 0 aromatic heterocycles. The predicted molar refractivity (Wildman–Crippen MR) is 137 cm³/mol. The van der Waals surface area contributed by atoms with Crippen LogP contribution in [0.1, 0.15) is 74.2 Å². The van der Waals surface area contributed by atoms with Crippen LogP contribution >= 0.6 is 0 Å². The van der Waals surface area contributed by atoms with Crippen LogP contribution in [0.5, 0.6) is 11.5 Å². The highest BCUT2D eigenvalue weighted by Crippen LogP contribution is 2.39. The van der Waals surface area contributed by atoms with E-state index in [4.69, 9.17) is 15.6 Å². The number of aliphatic hydroxyl groups is 1. The largest absolute Gasteiger partial charge is 0.504 e. The Bertz CT molecular complexity index is 996. The molecule has 1 aliphatic carbocycles. The molecular weight excluding hydrogens is 468 g/mol. The van der Waals surface area contributed by atoms with E-state index in [0.717, 1.165) is 82.3 Å². The number of aryl methyl sites for hydroxylation is 1. The summed E-state index contributed by atoms with van der Waals surface area (Å²) in [5, 5.41) is 33.4. The SMILES string of the molecule is NCCCCCCOCCCCc1ccc(S(N)(=O)=O)cc1.Oc1ccc2c(c1O)CCCC2O. The van der Waals surface area contributed by atoms with Gasteiger partial charge in [0.1, 0.15) is 0 Å². The lowest BCUT2D eigenvalue weighted by Gasteiger charge is -2.22. The molecule has 0 saturated heterocycles. The normalized spacial score (nSPS) is 15.2. The fourth-order valence-corrected chi connectivity index (χ4v) is 4.54. The molecule has 196 valence electrons. The fraction of sp³-hybridized carbons (Fsp3) is 0.538. The van der Waals surface area contributed by atoms with E-state index in [9.17, 15) is 23.7 Å². The number of fused-ring (bicyclic) bond motifs is 1. The molecule has 1 atom stereocenters. The van der Waals surface area contributed by atoms with Gasteiger partial charge in [0.15, 0.2) is 11.5 Å². The van der Waals surface area contributed by atoms with E-state index in [1.165, 1.54) is 18.9 Å². The summed E-state index contributed by atoms with van der Waals surface area (Å²) in [7, 11) is -3.59. The van der Waals surface area contributed by atoms with Crippen LogP contribution in [0.3, 0.4) is 0 Å². The Hall–Kier alpha value is -2.17. The molecule has 0 amide bonds. The lowest BCUT2D eigenvalue weighted by molar-refractivity contribution is 0.126. The zero-order valence-electron chi connectivity index (χ0n) is 20.4. The third-order valence-electron chi connectivity index (χ3n) is 6.06. The van der Waals surface area contributed by atoms with Crippen molar-refractivity contribution in [2.75, 3.05) is 19.8 Å². The number of primary sulfonamides is 1. The van der Waals surface area contributed by atoms with Gasteiger partial charge < -0.3 is 25.8 Å². The zero-order valence-corrected chi connectivity index (χ0v) is 21.2. The van der Waals surface area contributed by atoms with Gasteiger partial charge in [0.05, 0.1) is 11.0 Å². The zero-order chi connectivity index (χ0) is 25.7. The molecule has 1 unspecified atom stereocenters. The number of ether oxygens (including phenoxy) is 1. The van der Waals surface area contributed by atoms with Crippen molar-refractivity contribution in [2.45, 2.75) is 75.2 Å².